The maximum atomic E-state index is 12.7. The molecule has 0 atom stereocenters. The van der Waals surface area contributed by atoms with Gasteiger partial charge in [0.05, 0.1) is 21.2 Å². The second-order valence-corrected chi connectivity index (χ2v) is 9.52. The van der Waals surface area contributed by atoms with Gasteiger partial charge in [-0.3, -0.25) is 0 Å². The van der Waals surface area contributed by atoms with Crippen molar-refractivity contribution in [2.45, 2.75) is 25.3 Å². The van der Waals surface area contributed by atoms with E-state index in [4.69, 9.17) is 16.3 Å². The van der Waals surface area contributed by atoms with Gasteiger partial charge in [-0.2, -0.15) is 4.31 Å². The monoisotopic (exact) mass is 464 g/mol. The van der Waals surface area contributed by atoms with E-state index in [1.165, 1.54) is 33.8 Å². The number of thiazole rings is 1. The summed E-state index contributed by atoms with van der Waals surface area (Å²) >= 11 is 7.59. The summed E-state index contributed by atoms with van der Waals surface area (Å²) < 4.78 is 32.1. The summed E-state index contributed by atoms with van der Waals surface area (Å²) in [6.45, 7) is 4.13. The first-order valence-electron chi connectivity index (χ1n) is 9.33. The maximum Gasteiger partial charge on any atom is 0.340 e. The lowest BCUT2D eigenvalue weighted by molar-refractivity contribution is 0.0468. The predicted octanol–water partition coefficient (Wildman–Crippen LogP) is 4.85. The van der Waals surface area contributed by atoms with E-state index in [0.717, 1.165) is 10.6 Å². The highest BCUT2D eigenvalue weighted by Gasteiger charge is 2.24. The number of halogens is 1. The minimum atomic E-state index is -3.71. The van der Waals surface area contributed by atoms with Crippen LogP contribution in [0.2, 0.25) is 5.02 Å². The summed E-state index contributed by atoms with van der Waals surface area (Å²) in [4.78, 5) is 17.0. The minimum Gasteiger partial charge on any atom is -0.456 e. The van der Waals surface area contributed by atoms with Gasteiger partial charge in [0.15, 0.2) is 0 Å². The molecule has 3 rings (SSSR count). The largest absolute Gasteiger partial charge is 0.456 e. The van der Waals surface area contributed by atoms with Crippen LogP contribution in [0.15, 0.2) is 58.8 Å². The van der Waals surface area contributed by atoms with Gasteiger partial charge >= 0.3 is 5.97 Å². The van der Waals surface area contributed by atoms with Crippen molar-refractivity contribution < 1.29 is 17.9 Å². The maximum absolute atomic E-state index is 12.7. The van der Waals surface area contributed by atoms with Gasteiger partial charge in [0, 0.05) is 24.0 Å². The highest BCUT2D eigenvalue weighted by molar-refractivity contribution is 7.89. The Labute approximate surface area is 185 Å². The number of esters is 1. The SMILES string of the molecule is CCN(CC)S(=O)(=O)c1ccc(Cl)c(C(=O)OCc2csc(-c3ccccc3)n2)c1. The number of hydrogen-bond acceptors (Lipinski definition) is 6. The van der Waals surface area contributed by atoms with Crippen molar-refractivity contribution in [2.24, 2.45) is 0 Å². The topological polar surface area (TPSA) is 76.6 Å². The van der Waals surface area contributed by atoms with E-state index < -0.39 is 16.0 Å². The number of ether oxygens (including phenoxy) is 1. The van der Waals surface area contributed by atoms with E-state index in [0.29, 0.717) is 18.8 Å². The van der Waals surface area contributed by atoms with Crippen LogP contribution >= 0.6 is 22.9 Å². The standard InChI is InChI=1S/C21H21ClN2O4S2/c1-3-24(4-2)30(26,27)17-10-11-19(22)18(12-17)21(25)28-13-16-14-29-20(23-16)15-8-6-5-7-9-15/h5-12,14H,3-4,13H2,1-2H3. The summed E-state index contributed by atoms with van der Waals surface area (Å²) in [7, 11) is -3.71. The van der Waals surface area contributed by atoms with E-state index in [2.05, 4.69) is 4.98 Å². The normalized spacial score (nSPS) is 11.6. The highest BCUT2D eigenvalue weighted by Crippen LogP contribution is 2.26. The summed E-state index contributed by atoms with van der Waals surface area (Å²) in [5, 5.41) is 2.77. The summed E-state index contributed by atoms with van der Waals surface area (Å²) in [6, 6.07) is 13.7. The van der Waals surface area contributed by atoms with Gasteiger partial charge in [-0.15, -0.1) is 11.3 Å². The Bertz CT molecular complexity index is 1130. The first-order chi connectivity index (χ1) is 14.4. The molecule has 0 N–H and O–H groups in total. The van der Waals surface area contributed by atoms with Crippen LogP contribution in [0.1, 0.15) is 29.9 Å². The molecule has 6 nitrogen and oxygen atoms in total. The number of carbonyl (C=O) groups is 1. The third kappa shape index (κ3) is 4.89. The molecule has 2 aromatic carbocycles. The Morgan fingerprint density at radius 3 is 2.50 bits per heavy atom. The third-order valence-electron chi connectivity index (χ3n) is 4.42. The summed E-state index contributed by atoms with van der Waals surface area (Å²) in [6.07, 6.45) is 0. The van der Waals surface area contributed by atoms with Gasteiger partial charge < -0.3 is 4.74 Å². The van der Waals surface area contributed by atoms with Gasteiger partial charge in [-0.05, 0) is 18.2 Å². The Morgan fingerprint density at radius 2 is 1.83 bits per heavy atom. The van der Waals surface area contributed by atoms with Crippen molar-refractivity contribution in [2.75, 3.05) is 13.1 Å². The molecule has 0 radical (unpaired) electrons. The van der Waals surface area contributed by atoms with E-state index >= 15 is 0 Å². The molecule has 0 spiro atoms. The lowest BCUT2D eigenvalue weighted by Gasteiger charge is -2.19. The van der Waals surface area contributed by atoms with Crippen molar-refractivity contribution in [1.82, 2.24) is 9.29 Å². The fourth-order valence-corrected chi connectivity index (χ4v) is 5.33. The van der Waals surface area contributed by atoms with Crippen molar-refractivity contribution in [3.8, 4) is 10.6 Å². The molecule has 1 heterocycles. The molecular weight excluding hydrogens is 444 g/mol. The number of sulfonamides is 1. The van der Waals surface area contributed by atoms with Crippen LogP contribution in [0.3, 0.4) is 0 Å². The molecule has 0 saturated heterocycles. The number of aromatic nitrogens is 1. The van der Waals surface area contributed by atoms with Gasteiger partial charge in [-0.25, -0.2) is 18.2 Å². The van der Waals surface area contributed by atoms with E-state index in [-0.39, 0.29) is 22.1 Å². The van der Waals surface area contributed by atoms with Crippen LogP contribution in [0.4, 0.5) is 0 Å². The molecule has 0 aliphatic heterocycles. The highest BCUT2D eigenvalue weighted by atomic mass is 35.5. The first-order valence-corrected chi connectivity index (χ1v) is 12.0. The first kappa shape index (κ1) is 22.4. The Balaban J connectivity index is 1.75. The quantitative estimate of drug-likeness (QED) is 0.445. The fourth-order valence-electron chi connectivity index (χ4n) is 2.84. The Kier molecular flexibility index (Phi) is 7.25. The van der Waals surface area contributed by atoms with Gasteiger partial charge in [0.2, 0.25) is 10.0 Å². The van der Waals surface area contributed by atoms with E-state index in [1.807, 2.05) is 35.7 Å². The van der Waals surface area contributed by atoms with Crippen LogP contribution in [0.5, 0.6) is 0 Å². The average molecular weight is 465 g/mol. The van der Waals surface area contributed by atoms with Crippen LogP contribution in [0, 0.1) is 0 Å². The molecule has 0 fully saturated rings. The second-order valence-electron chi connectivity index (χ2n) is 6.32. The number of benzene rings is 2. The minimum absolute atomic E-state index is 0.00238. The lowest BCUT2D eigenvalue weighted by Crippen LogP contribution is -2.30. The molecular formula is C21H21ClN2O4S2. The third-order valence-corrected chi connectivity index (χ3v) is 7.74. The number of nitrogens with zero attached hydrogens (tertiary/aromatic N) is 2. The van der Waals surface area contributed by atoms with Crippen LogP contribution < -0.4 is 0 Å². The predicted molar refractivity (Wildman–Crippen MR) is 118 cm³/mol. The molecule has 0 aliphatic rings. The summed E-state index contributed by atoms with van der Waals surface area (Å²) in [5.41, 5.74) is 1.59. The van der Waals surface area contributed by atoms with Crippen molar-refractivity contribution >= 4 is 38.9 Å². The van der Waals surface area contributed by atoms with Crippen LogP contribution in [-0.2, 0) is 21.4 Å². The molecule has 158 valence electrons. The molecule has 0 bridgehead atoms. The molecule has 3 aromatic rings. The second kappa shape index (κ2) is 9.70. The molecule has 30 heavy (non-hydrogen) atoms. The van der Waals surface area contributed by atoms with Crippen molar-refractivity contribution in [3.63, 3.8) is 0 Å². The number of hydrogen-bond donors (Lipinski definition) is 0. The zero-order chi connectivity index (χ0) is 21.7. The van der Waals surface area contributed by atoms with Gasteiger partial charge in [0.25, 0.3) is 0 Å². The molecule has 0 unspecified atom stereocenters. The molecule has 0 amide bonds. The molecule has 0 aliphatic carbocycles. The van der Waals surface area contributed by atoms with E-state index in [9.17, 15) is 13.2 Å². The van der Waals surface area contributed by atoms with Crippen LogP contribution in [-0.4, -0.2) is 36.8 Å². The smallest absolute Gasteiger partial charge is 0.340 e. The molecule has 9 heteroatoms. The zero-order valence-electron chi connectivity index (χ0n) is 16.5. The van der Waals surface area contributed by atoms with Crippen molar-refractivity contribution in [1.29, 1.82) is 0 Å². The summed E-state index contributed by atoms with van der Waals surface area (Å²) in [5.74, 6) is -0.703. The average Bonchev–Trinajstić information content (AvgIpc) is 3.22. The lowest BCUT2D eigenvalue weighted by atomic mass is 10.2. The van der Waals surface area contributed by atoms with Gasteiger partial charge in [-0.1, -0.05) is 55.8 Å². The van der Waals surface area contributed by atoms with E-state index in [1.54, 1.807) is 13.8 Å². The Hall–Kier alpha value is -2.26. The fraction of sp³-hybridized carbons (Fsp3) is 0.238. The van der Waals surface area contributed by atoms with Crippen LogP contribution in [0.25, 0.3) is 10.6 Å². The number of rotatable bonds is 8. The van der Waals surface area contributed by atoms with Crippen molar-refractivity contribution in [3.05, 3.63) is 70.2 Å². The zero-order valence-corrected chi connectivity index (χ0v) is 18.9. The van der Waals surface area contributed by atoms with Gasteiger partial charge in [0.1, 0.15) is 11.6 Å². The molecule has 1 aromatic heterocycles. The number of carbonyl (C=O) groups excluding carboxylic acids is 1. The Morgan fingerprint density at radius 1 is 1.13 bits per heavy atom. The molecule has 0 saturated carbocycles.